The summed E-state index contributed by atoms with van der Waals surface area (Å²) in [5, 5.41) is 0. The van der Waals surface area contributed by atoms with Crippen molar-refractivity contribution >= 4 is 5.91 Å². The van der Waals surface area contributed by atoms with Crippen LogP contribution in [0.25, 0.3) is 0 Å². The van der Waals surface area contributed by atoms with Crippen LogP contribution in [0.1, 0.15) is 58.8 Å². The molecule has 3 heteroatoms. The van der Waals surface area contributed by atoms with E-state index in [-0.39, 0.29) is 5.91 Å². The third kappa shape index (κ3) is 3.05. The lowest BCUT2D eigenvalue weighted by atomic mass is 9.88. The molecule has 1 heterocycles. The maximum absolute atomic E-state index is 12.6. The lowest BCUT2D eigenvalue weighted by Gasteiger charge is -2.38. The molecule has 0 bridgehead atoms. The molecular formula is C15H28N2O. The Bertz CT molecular complexity index is 295. The maximum Gasteiger partial charge on any atom is 0.242 e. The second kappa shape index (κ2) is 5.60. The molecule has 18 heavy (non-hydrogen) atoms. The van der Waals surface area contributed by atoms with E-state index in [1.807, 2.05) is 0 Å². The van der Waals surface area contributed by atoms with Gasteiger partial charge in [0.25, 0.3) is 0 Å². The van der Waals surface area contributed by atoms with Gasteiger partial charge in [-0.15, -0.1) is 0 Å². The molecule has 0 aromatic rings. The second-order valence-electron chi connectivity index (χ2n) is 6.75. The smallest absolute Gasteiger partial charge is 0.242 e. The Labute approximate surface area is 111 Å². The number of nitrogens with two attached hydrogens (primary N) is 1. The maximum atomic E-state index is 12.6. The van der Waals surface area contributed by atoms with Gasteiger partial charge in [-0.05, 0) is 43.9 Å². The van der Waals surface area contributed by atoms with Gasteiger partial charge in [0.2, 0.25) is 5.91 Å². The van der Waals surface area contributed by atoms with E-state index in [9.17, 15) is 4.79 Å². The first-order valence-corrected chi connectivity index (χ1v) is 7.59. The molecule has 0 aromatic carbocycles. The van der Waals surface area contributed by atoms with E-state index in [0.717, 1.165) is 51.1 Å². The van der Waals surface area contributed by atoms with Crippen LogP contribution in [-0.4, -0.2) is 29.4 Å². The predicted molar refractivity (Wildman–Crippen MR) is 74.1 cm³/mol. The standard InChI is InChI=1S/C15H28N2O/c1-12(2)10-13-6-5-9-17(11-13)14(18)15(16)7-3-4-8-15/h12-13H,3-11,16H2,1-2H3. The number of amides is 1. The molecule has 0 radical (unpaired) electrons. The van der Waals surface area contributed by atoms with Crippen LogP contribution < -0.4 is 5.73 Å². The van der Waals surface area contributed by atoms with E-state index in [1.165, 1.54) is 12.8 Å². The van der Waals surface area contributed by atoms with Crippen molar-refractivity contribution in [1.82, 2.24) is 4.90 Å². The highest BCUT2D eigenvalue weighted by Crippen LogP contribution is 2.31. The molecule has 1 saturated carbocycles. The molecule has 1 atom stereocenters. The third-order valence-electron chi connectivity index (χ3n) is 4.53. The summed E-state index contributed by atoms with van der Waals surface area (Å²) < 4.78 is 0. The molecular weight excluding hydrogens is 224 g/mol. The minimum Gasteiger partial charge on any atom is -0.341 e. The topological polar surface area (TPSA) is 46.3 Å². The molecule has 2 rings (SSSR count). The van der Waals surface area contributed by atoms with Gasteiger partial charge in [0, 0.05) is 13.1 Å². The Hall–Kier alpha value is -0.570. The van der Waals surface area contributed by atoms with Gasteiger partial charge >= 0.3 is 0 Å². The van der Waals surface area contributed by atoms with Crippen molar-refractivity contribution in [2.75, 3.05) is 13.1 Å². The average Bonchev–Trinajstić information content (AvgIpc) is 2.76. The van der Waals surface area contributed by atoms with Gasteiger partial charge < -0.3 is 10.6 Å². The van der Waals surface area contributed by atoms with Crippen LogP contribution in [0.15, 0.2) is 0 Å². The van der Waals surface area contributed by atoms with E-state index in [0.29, 0.717) is 5.92 Å². The zero-order valence-electron chi connectivity index (χ0n) is 12.0. The third-order valence-corrected chi connectivity index (χ3v) is 4.53. The van der Waals surface area contributed by atoms with Crippen molar-refractivity contribution < 1.29 is 4.79 Å². The molecule has 1 saturated heterocycles. The Morgan fingerprint density at radius 1 is 1.33 bits per heavy atom. The molecule has 1 amide bonds. The summed E-state index contributed by atoms with van der Waals surface area (Å²) >= 11 is 0. The summed E-state index contributed by atoms with van der Waals surface area (Å²) in [6.07, 6.45) is 7.67. The van der Waals surface area contributed by atoms with E-state index in [2.05, 4.69) is 18.7 Å². The number of hydrogen-bond acceptors (Lipinski definition) is 2. The Kier molecular flexibility index (Phi) is 4.31. The van der Waals surface area contributed by atoms with Gasteiger partial charge in [-0.2, -0.15) is 0 Å². The molecule has 0 aromatic heterocycles. The first kappa shape index (κ1) is 13.9. The van der Waals surface area contributed by atoms with Gasteiger partial charge in [0.15, 0.2) is 0 Å². The molecule has 3 nitrogen and oxygen atoms in total. The van der Waals surface area contributed by atoms with Crippen LogP contribution in [0.3, 0.4) is 0 Å². The van der Waals surface area contributed by atoms with Crippen molar-refractivity contribution in [1.29, 1.82) is 0 Å². The molecule has 1 aliphatic heterocycles. The highest BCUT2D eigenvalue weighted by atomic mass is 16.2. The van der Waals surface area contributed by atoms with Crippen molar-refractivity contribution in [3.05, 3.63) is 0 Å². The lowest BCUT2D eigenvalue weighted by Crippen LogP contribution is -2.55. The van der Waals surface area contributed by atoms with Crippen molar-refractivity contribution in [2.45, 2.75) is 64.3 Å². The molecule has 0 spiro atoms. The van der Waals surface area contributed by atoms with Crippen LogP contribution in [0, 0.1) is 11.8 Å². The first-order valence-electron chi connectivity index (χ1n) is 7.59. The van der Waals surface area contributed by atoms with Crippen LogP contribution in [0.2, 0.25) is 0 Å². The number of rotatable bonds is 3. The summed E-state index contributed by atoms with van der Waals surface area (Å²) in [4.78, 5) is 14.6. The van der Waals surface area contributed by atoms with E-state index in [1.54, 1.807) is 0 Å². The van der Waals surface area contributed by atoms with Crippen molar-refractivity contribution in [3.8, 4) is 0 Å². The molecule has 2 fully saturated rings. The van der Waals surface area contributed by atoms with Gasteiger partial charge in [-0.25, -0.2) is 0 Å². The lowest BCUT2D eigenvalue weighted by molar-refractivity contribution is -0.138. The zero-order valence-corrected chi connectivity index (χ0v) is 12.0. The molecule has 2 aliphatic rings. The van der Waals surface area contributed by atoms with Crippen LogP contribution >= 0.6 is 0 Å². The molecule has 2 N–H and O–H groups in total. The molecule has 104 valence electrons. The number of hydrogen-bond donors (Lipinski definition) is 1. The summed E-state index contributed by atoms with van der Waals surface area (Å²) in [7, 11) is 0. The fourth-order valence-corrected chi connectivity index (χ4v) is 3.64. The molecule has 1 aliphatic carbocycles. The Morgan fingerprint density at radius 2 is 2.00 bits per heavy atom. The van der Waals surface area contributed by atoms with Crippen molar-refractivity contribution in [2.24, 2.45) is 17.6 Å². The van der Waals surface area contributed by atoms with E-state index in [4.69, 9.17) is 5.73 Å². The largest absolute Gasteiger partial charge is 0.341 e. The number of likely N-dealkylation sites (tertiary alicyclic amines) is 1. The minimum absolute atomic E-state index is 0.230. The number of carbonyl (C=O) groups excluding carboxylic acids is 1. The zero-order chi connectivity index (χ0) is 13.2. The van der Waals surface area contributed by atoms with Crippen LogP contribution in [0.5, 0.6) is 0 Å². The average molecular weight is 252 g/mol. The highest BCUT2D eigenvalue weighted by molar-refractivity contribution is 5.86. The number of piperidine rings is 1. The number of carbonyl (C=O) groups is 1. The van der Waals surface area contributed by atoms with Crippen LogP contribution in [-0.2, 0) is 4.79 Å². The summed E-state index contributed by atoms with van der Waals surface area (Å²) in [6.45, 7) is 6.40. The monoisotopic (exact) mass is 252 g/mol. The van der Waals surface area contributed by atoms with Gasteiger partial charge in [0.05, 0.1) is 5.54 Å². The number of nitrogens with zero attached hydrogens (tertiary/aromatic N) is 1. The summed E-state index contributed by atoms with van der Waals surface area (Å²) in [5.74, 6) is 1.64. The van der Waals surface area contributed by atoms with E-state index < -0.39 is 5.54 Å². The minimum atomic E-state index is -0.528. The van der Waals surface area contributed by atoms with Gasteiger partial charge in [-0.3, -0.25) is 4.79 Å². The first-order chi connectivity index (χ1) is 8.51. The van der Waals surface area contributed by atoms with Crippen LogP contribution in [0.4, 0.5) is 0 Å². The van der Waals surface area contributed by atoms with Gasteiger partial charge in [-0.1, -0.05) is 26.7 Å². The highest BCUT2D eigenvalue weighted by Gasteiger charge is 2.40. The summed E-state index contributed by atoms with van der Waals surface area (Å²) in [6, 6.07) is 0. The fraction of sp³-hybridized carbons (Fsp3) is 0.933. The van der Waals surface area contributed by atoms with Crippen molar-refractivity contribution in [3.63, 3.8) is 0 Å². The second-order valence-corrected chi connectivity index (χ2v) is 6.75. The summed E-state index contributed by atoms with van der Waals surface area (Å²) in [5.41, 5.74) is 5.76. The quantitative estimate of drug-likeness (QED) is 0.839. The van der Waals surface area contributed by atoms with Gasteiger partial charge in [0.1, 0.15) is 0 Å². The van der Waals surface area contributed by atoms with E-state index >= 15 is 0 Å². The fourth-order valence-electron chi connectivity index (χ4n) is 3.64. The molecule has 1 unspecified atom stereocenters. The Morgan fingerprint density at radius 3 is 2.61 bits per heavy atom. The normalized spacial score (nSPS) is 27.8. The predicted octanol–water partition coefficient (Wildman–Crippen LogP) is 2.54. The Balaban J connectivity index is 1.93. The SMILES string of the molecule is CC(C)CC1CCCN(C(=O)C2(N)CCCC2)C1.